The van der Waals surface area contributed by atoms with E-state index in [2.05, 4.69) is 18.3 Å². The summed E-state index contributed by atoms with van der Waals surface area (Å²) >= 11 is 0. The summed E-state index contributed by atoms with van der Waals surface area (Å²) < 4.78 is 5.77. The molecule has 0 radical (unpaired) electrons. The zero-order chi connectivity index (χ0) is 22.6. The summed E-state index contributed by atoms with van der Waals surface area (Å²) in [5, 5.41) is 12.7. The van der Waals surface area contributed by atoms with Crippen LogP contribution in [0.4, 0.5) is 0 Å². The molecule has 0 spiro atoms. The summed E-state index contributed by atoms with van der Waals surface area (Å²) in [6, 6.07) is 19.6. The predicted octanol–water partition coefficient (Wildman–Crippen LogP) is 6.60. The third-order valence-corrected chi connectivity index (χ3v) is 5.89. The van der Waals surface area contributed by atoms with Crippen LogP contribution in [-0.2, 0) is 4.79 Å². The number of rotatable bonds is 13. The van der Waals surface area contributed by atoms with Crippen molar-refractivity contribution in [2.24, 2.45) is 5.92 Å². The Morgan fingerprint density at radius 3 is 2.53 bits per heavy atom. The van der Waals surface area contributed by atoms with Gasteiger partial charge in [0.1, 0.15) is 17.4 Å². The Balaban J connectivity index is 1.60. The Morgan fingerprint density at radius 1 is 1.12 bits per heavy atom. The fourth-order valence-electron chi connectivity index (χ4n) is 3.75. The second kappa shape index (κ2) is 12.7. The van der Waals surface area contributed by atoms with Crippen LogP contribution in [0.25, 0.3) is 6.08 Å². The van der Waals surface area contributed by atoms with Crippen molar-refractivity contribution in [3.8, 4) is 11.8 Å². The van der Waals surface area contributed by atoms with Gasteiger partial charge in [-0.3, -0.25) is 4.79 Å². The summed E-state index contributed by atoms with van der Waals surface area (Å²) in [5.41, 5.74) is 2.01. The minimum absolute atomic E-state index is 0.0791. The van der Waals surface area contributed by atoms with Crippen LogP contribution in [0, 0.1) is 17.2 Å². The maximum atomic E-state index is 12.9. The number of carbonyl (C=O) groups excluding carboxylic acids is 1. The second-order valence-electron chi connectivity index (χ2n) is 8.61. The summed E-state index contributed by atoms with van der Waals surface area (Å²) in [4.78, 5) is 12.9. The minimum Gasteiger partial charge on any atom is -0.494 e. The summed E-state index contributed by atoms with van der Waals surface area (Å²) in [7, 11) is 0. The lowest BCUT2D eigenvalue weighted by atomic mass is 9.99. The van der Waals surface area contributed by atoms with Crippen LogP contribution in [0.1, 0.15) is 75.5 Å². The zero-order valence-corrected chi connectivity index (χ0v) is 19.1. The van der Waals surface area contributed by atoms with E-state index in [1.54, 1.807) is 6.08 Å². The van der Waals surface area contributed by atoms with Gasteiger partial charge in [-0.25, -0.2) is 0 Å². The van der Waals surface area contributed by atoms with Crippen LogP contribution < -0.4 is 10.1 Å². The maximum absolute atomic E-state index is 12.9. The first kappa shape index (κ1) is 23.6. The van der Waals surface area contributed by atoms with Gasteiger partial charge in [0, 0.05) is 0 Å². The van der Waals surface area contributed by atoms with E-state index in [0.717, 1.165) is 42.1 Å². The molecule has 2 aromatic rings. The lowest BCUT2D eigenvalue weighted by molar-refractivity contribution is -0.117. The smallest absolute Gasteiger partial charge is 0.262 e. The Kier molecular flexibility index (Phi) is 9.37. The molecule has 32 heavy (non-hydrogen) atoms. The van der Waals surface area contributed by atoms with E-state index in [0.29, 0.717) is 6.61 Å². The highest BCUT2D eigenvalue weighted by atomic mass is 16.5. The standard InChI is InChI=1S/C28H34N2O2/c1-2-3-4-8-19-32-26-16-13-23(14-17-26)20-25(21-29)28(31)30-27(18-15-22-11-12-22)24-9-6-5-7-10-24/h5-7,9-10,13-14,16-17,20,22,27H,2-4,8,11-12,15,18-19H2,1H3,(H,30,31)/b25-20+. The number of nitriles is 1. The van der Waals surface area contributed by atoms with Crippen LogP contribution in [-0.4, -0.2) is 12.5 Å². The first-order valence-corrected chi connectivity index (χ1v) is 11.9. The lowest BCUT2D eigenvalue weighted by Gasteiger charge is -2.19. The molecule has 1 atom stereocenters. The van der Waals surface area contributed by atoms with Gasteiger partial charge in [0.05, 0.1) is 12.6 Å². The molecule has 0 aromatic heterocycles. The predicted molar refractivity (Wildman–Crippen MR) is 129 cm³/mol. The molecule has 1 aliphatic rings. The van der Waals surface area contributed by atoms with Crippen molar-refractivity contribution < 1.29 is 9.53 Å². The first-order chi connectivity index (χ1) is 15.7. The third kappa shape index (κ3) is 7.89. The van der Waals surface area contributed by atoms with E-state index in [1.807, 2.05) is 54.6 Å². The largest absolute Gasteiger partial charge is 0.494 e. The van der Waals surface area contributed by atoms with E-state index in [4.69, 9.17) is 4.74 Å². The van der Waals surface area contributed by atoms with Crippen molar-refractivity contribution in [2.45, 2.75) is 64.3 Å². The molecule has 0 bridgehead atoms. The van der Waals surface area contributed by atoms with Crippen LogP contribution in [0.5, 0.6) is 5.75 Å². The van der Waals surface area contributed by atoms with E-state index in [1.165, 1.54) is 32.1 Å². The van der Waals surface area contributed by atoms with Crippen molar-refractivity contribution in [1.82, 2.24) is 5.32 Å². The molecule has 1 fully saturated rings. The van der Waals surface area contributed by atoms with Crippen molar-refractivity contribution in [2.75, 3.05) is 6.61 Å². The van der Waals surface area contributed by atoms with Gasteiger partial charge >= 0.3 is 0 Å². The molecule has 0 saturated heterocycles. The topological polar surface area (TPSA) is 62.1 Å². The van der Waals surface area contributed by atoms with Gasteiger partial charge in [-0.1, -0.05) is 81.5 Å². The molecule has 4 nitrogen and oxygen atoms in total. The first-order valence-electron chi connectivity index (χ1n) is 11.9. The number of carbonyl (C=O) groups is 1. The molecule has 1 N–H and O–H groups in total. The number of ether oxygens (including phenoxy) is 1. The highest BCUT2D eigenvalue weighted by molar-refractivity contribution is 6.01. The van der Waals surface area contributed by atoms with Crippen LogP contribution in [0.2, 0.25) is 0 Å². The molecule has 168 valence electrons. The van der Waals surface area contributed by atoms with E-state index in [-0.39, 0.29) is 17.5 Å². The average Bonchev–Trinajstić information content (AvgIpc) is 3.66. The number of hydrogen-bond acceptors (Lipinski definition) is 3. The molecule has 3 rings (SSSR count). The summed E-state index contributed by atoms with van der Waals surface area (Å²) in [6.45, 7) is 2.90. The molecule has 0 heterocycles. The Hall–Kier alpha value is -3.06. The van der Waals surface area contributed by atoms with E-state index in [9.17, 15) is 10.1 Å². The van der Waals surface area contributed by atoms with Gasteiger partial charge in [-0.15, -0.1) is 0 Å². The quantitative estimate of drug-likeness (QED) is 0.221. The van der Waals surface area contributed by atoms with Gasteiger partial charge in [0.2, 0.25) is 0 Å². The molecule has 2 aromatic carbocycles. The number of amides is 1. The van der Waals surface area contributed by atoms with Gasteiger partial charge in [-0.2, -0.15) is 5.26 Å². The van der Waals surface area contributed by atoms with Gasteiger partial charge < -0.3 is 10.1 Å². The van der Waals surface area contributed by atoms with Crippen LogP contribution in [0.3, 0.4) is 0 Å². The molecular weight excluding hydrogens is 396 g/mol. The van der Waals surface area contributed by atoms with Crippen molar-refractivity contribution in [1.29, 1.82) is 5.26 Å². The average molecular weight is 431 g/mol. The molecule has 1 unspecified atom stereocenters. The molecule has 4 heteroatoms. The maximum Gasteiger partial charge on any atom is 0.262 e. The summed E-state index contributed by atoms with van der Waals surface area (Å²) in [6.07, 6.45) is 10.9. The number of benzene rings is 2. The number of unbranched alkanes of at least 4 members (excludes halogenated alkanes) is 3. The van der Waals surface area contributed by atoms with Crippen molar-refractivity contribution in [3.05, 3.63) is 71.3 Å². The van der Waals surface area contributed by atoms with Gasteiger partial charge in [-0.05, 0) is 54.5 Å². The Bertz CT molecular complexity index is 909. The van der Waals surface area contributed by atoms with Crippen molar-refractivity contribution in [3.63, 3.8) is 0 Å². The number of nitrogens with zero attached hydrogens (tertiary/aromatic N) is 1. The second-order valence-corrected chi connectivity index (χ2v) is 8.61. The summed E-state index contributed by atoms with van der Waals surface area (Å²) in [5.74, 6) is 1.27. The number of hydrogen-bond donors (Lipinski definition) is 1. The fourth-order valence-corrected chi connectivity index (χ4v) is 3.75. The molecule has 0 aliphatic heterocycles. The number of nitrogens with one attached hydrogen (secondary N) is 1. The minimum atomic E-state index is -0.326. The Labute approximate surface area is 192 Å². The Morgan fingerprint density at radius 2 is 1.88 bits per heavy atom. The third-order valence-electron chi connectivity index (χ3n) is 5.89. The monoisotopic (exact) mass is 430 g/mol. The zero-order valence-electron chi connectivity index (χ0n) is 19.1. The van der Waals surface area contributed by atoms with Gasteiger partial charge in [0.25, 0.3) is 5.91 Å². The van der Waals surface area contributed by atoms with E-state index < -0.39 is 0 Å². The fraction of sp³-hybridized carbons (Fsp3) is 0.429. The SMILES string of the molecule is CCCCCCOc1ccc(/C=C(\C#N)C(=O)NC(CCC2CC2)c2ccccc2)cc1. The van der Waals surface area contributed by atoms with Gasteiger partial charge in [0.15, 0.2) is 0 Å². The molecule has 1 saturated carbocycles. The van der Waals surface area contributed by atoms with E-state index >= 15 is 0 Å². The van der Waals surface area contributed by atoms with Crippen molar-refractivity contribution >= 4 is 12.0 Å². The lowest BCUT2D eigenvalue weighted by Crippen LogP contribution is -2.29. The highest BCUT2D eigenvalue weighted by Crippen LogP contribution is 2.36. The van der Waals surface area contributed by atoms with Crippen LogP contribution in [0.15, 0.2) is 60.2 Å². The van der Waals surface area contributed by atoms with Crippen LogP contribution >= 0.6 is 0 Å². The molecule has 1 aliphatic carbocycles. The highest BCUT2D eigenvalue weighted by Gasteiger charge is 2.24. The molecular formula is C28H34N2O2. The molecule has 1 amide bonds. The normalized spacial score (nSPS) is 14.4.